The first-order valence-corrected chi connectivity index (χ1v) is 7.51. The van der Waals surface area contributed by atoms with Crippen LogP contribution in [0.25, 0.3) is 11.3 Å². The number of hydrogen-bond donors (Lipinski definition) is 3. The first-order chi connectivity index (χ1) is 10.6. The summed E-state index contributed by atoms with van der Waals surface area (Å²) in [5.74, 6) is 0.128. The van der Waals surface area contributed by atoms with Gasteiger partial charge in [0.2, 0.25) is 5.91 Å². The second-order valence-corrected chi connectivity index (χ2v) is 5.67. The van der Waals surface area contributed by atoms with Gasteiger partial charge in [0.1, 0.15) is 0 Å². The number of hydrogen-bond acceptors (Lipinski definition) is 5. The van der Waals surface area contributed by atoms with Crippen LogP contribution >= 0.6 is 0 Å². The van der Waals surface area contributed by atoms with Crippen molar-refractivity contribution >= 4 is 11.9 Å². The minimum Gasteiger partial charge on any atom is -0.424 e. The van der Waals surface area contributed by atoms with Gasteiger partial charge in [-0.3, -0.25) is 4.79 Å². The number of amides is 1. The molecule has 0 unspecified atom stereocenters. The molecule has 6 heteroatoms. The molecule has 1 saturated carbocycles. The lowest BCUT2D eigenvalue weighted by atomic mass is 9.91. The summed E-state index contributed by atoms with van der Waals surface area (Å²) in [6, 6.07) is 7.76. The van der Waals surface area contributed by atoms with Gasteiger partial charge in [-0.1, -0.05) is 25.0 Å². The third kappa shape index (κ3) is 3.12. The Morgan fingerprint density at radius 1 is 1.32 bits per heavy atom. The standard InChI is InChI=1S/C16H20N4O2/c17-12-6-1-2-7-13(12)20-16-19-9-14(22-16)10-4-3-5-11(8-10)15(18)21/h3-5,8-9,12-13H,1-2,6-7,17H2,(H2,18,21)(H,19,20)/t12-,13-/m1/s1. The van der Waals surface area contributed by atoms with Crippen molar-refractivity contribution in [3.63, 3.8) is 0 Å². The van der Waals surface area contributed by atoms with Crippen LogP contribution in [-0.2, 0) is 0 Å². The first-order valence-electron chi connectivity index (χ1n) is 7.51. The van der Waals surface area contributed by atoms with Crippen molar-refractivity contribution in [1.29, 1.82) is 0 Å². The van der Waals surface area contributed by atoms with Crippen LogP contribution in [0.3, 0.4) is 0 Å². The van der Waals surface area contributed by atoms with E-state index in [4.69, 9.17) is 15.9 Å². The molecule has 2 aromatic rings. The molecule has 0 aliphatic heterocycles. The van der Waals surface area contributed by atoms with Gasteiger partial charge in [0.25, 0.3) is 6.01 Å². The summed E-state index contributed by atoms with van der Waals surface area (Å²) in [5.41, 5.74) is 12.6. The monoisotopic (exact) mass is 300 g/mol. The maximum Gasteiger partial charge on any atom is 0.295 e. The lowest BCUT2D eigenvalue weighted by Gasteiger charge is -2.28. The van der Waals surface area contributed by atoms with Crippen LogP contribution in [0.5, 0.6) is 0 Å². The van der Waals surface area contributed by atoms with E-state index < -0.39 is 5.91 Å². The van der Waals surface area contributed by atoms with E-state index >= 15 is 0 Å². The average molecular weight is 300 g/mol. The normalized spacial score (nSPS) is 21.5. The van der Waals surface area contributed by atoms with Crippen molar-refractivity contribution in [1.82, 2.24) is 4.98 Å². The second kappa shape index (κ2) is 6.19. The number of anilines is 1. The maximum absolute atomic E-state index is 11.2. The Morgan fingerprint density at radius 2 is 2.14 bits per heavy atom. The molecule has 1 aliphatic rings. The minimum absolute atomic E-state index is 0.127. The van der Waals surface area contributed by atoms with E-state index in [2.05, 4.69) is 10.3 Å². The van der Waals surface area contributed by atoms with Crippen LogP contribution in [0.15, 0.2) is 34.9 Å². The Morgan fingerprint density at radius 3 is 2.91 bits per heavy atom. The topological polar surface area (TPSA) is 107 Å². The molecular weight excluding hydrogens is 280 g/mol. The number of rotatable bonds is 4. The zero-order valence-electron chi connectivity index (χ0n) is 12.3. The summed E-state index contributed by atoms with van der Waals surface area (Å²) in [6.45, 7) is 0. The van der Waals surface area contributed by atoms with Crippen LogP contribution in [0.2, 0.25) is 0 Å². The van der Waals surface area contributed by atoms with Crippen LogP contribution in [0.1, 0.15) is 36.0 Å². The largest absolute Gasteiger partial charge is 0.424 e. The molecule has 3 rings (SSSR count). The predicted octanol–water partition coefficient (Wildman–Crippen LogP) is 2.12. The Kier molecular flexibility index (Phi) is 4.11. The highest BCUT2D eigenvalue weighted by molar-refractivity contribution is 5.93. The molecule has 2 atom stereocenters. The predicted molar refractivity (Wildman–Crippen MR) is 84.3 cm³/mol. The van der Waals surface area contributed by atoms with Crippen molar-refractivity contribution in [2.24, 2.45) is 11.5 Å². The van der Waals surface area contributed by atoms with E-state index in [1.165, 1.54) is 12.8 Å². The van der Waals surface area contributed by atoms with E-state index in [9.17, 15) is 4.79 Å². The molecule has 22 heavy (non-hydrogen) atoms. The molecule has 116 valence electrons. The van der Waals surface area contributed by atoms with Crippen LogP contribution in [0, 0.1) is 0 Å². The Labute approximate surface area is 128 Å². The van der Waals surface area contributed by atoms with E-state index in [1.807, 2.05) is 6.07 Å². The summed E-state index contributed by atoms with van der Waals surface area (Å²) >= 11 is 0. The molecule has 6 nitrogen and oxygen atoms in total. The van der Waals surface area contributed by atoms with Gasteiger partial charge < -0.3 is 21.2 Å². The molecule has 1 aromatic heterocycles. The van der Waals surface area contributed by atoms with Crippen molar-refractivity contribution in [3.8, 4) is 11.3 Å². The third-order valence-electron chi connectivity index (χ3n) is 4.07. The number of nitrogens with zero attached hydrogens (tertiary/aromatic N) is 1. The molecule has 5 N–H and O–H groups in total. The molecule has 0 bridgehead atoms. The van der Waals surface area contributed by atoms with Gasteiger partial charge >= 0.3 is 0 Å². The van der Waals surface area contributed by atoms with Crippen LogP contribution < -0.4 is 16.8 Å². The van der Waals surface area contributed by atoms with Crippen molar-refractivity contribution in [3.05, 3.63) is 36.0 Å². The first kappa shape index (κ1) is 14.6. The fourth-order valence-electron chi connectivity index (χ4n) is 2.80. The van der Waals surface area contributed by atoms with Gasteiger partial charge in [0.05, 0.1) is 6.20 Å². The number of nitrogens with two attached hydrogens (primary N) is 2. The number of aromatic nitrogens is 1. The zero-order valence-corrected chi connectivity index (χ0v) is 12.3. The van der Waals surface area contributed by atoms with Crippen molar-refractivity contribution < 1.29 is 9.21 Å². The molecule has 1 fully saturated rings. The fourth-order valence-corrected chi connectivity index (χ4v) is 2.80. The van der Waals surface area contributed by atoms with Crippen LogP contribution in [-0.4, -0.2) is 23.0 Å². The van der Waals surface area contributed by atoms with Gasteiger partial charge in [-0.05, 0) is 25.0 Å². The molecule has 0 radical (unpaired) electrons. The Hall–Kier alpha value is -2.34. The molecule has 0 spiro atoms. The second-order valence-electron chi connectivity index (χ2n) is 5.67. The Balaban J connectivity index is 1.76. The quantitative estimate of drug-likeness (QED) is 0.801. The van der Waals surface area contributed by atoms with E-state index in [1.54, 1.807) is 24.4 Å². The highest BCUT2D eigenvalue weighted by atomic mass is 16.4. The Bertz CT molecular complexity index is 668. The zero-order chi connectivity index (χ0) is 15.5. The number of benzene rings is 1. The summed E-state index contributed by atoms with van der Waals surface area (Å²) < 4.78 is 5.73. The van der Waals surface area contributed by atoms with Crippen molar-refractivity contribution in [2.75, 3.05) is 5.32 Å². The average Bonchev–Trinajstić information content (AvgIpc) is 2.98. The molecule has 1 aliphatic carbocycles. The fraction of sp³-hybridized carbons (Fsp3) is 0.375. The lowest BCUT2D eigenvalue weighted by molar-refractivity contribution is 0.100. The highest BCUT2D eigenvalue weighted by Gasteiger charge is 2.23. The van der Waals surface area contributed by atoms with Crippen molar-refractivity contribution in [2.45, 2.75) is 37.8 Å². The molecular formula is C16H20N4O2. The maximum atomic E-state index is 11.2. The third-order valence-corrected chi connectivity index (χ3v) is 4.07. The summed E-state index contributed by atoms with van der Waals surface area (Å²) in [7, 11) is 0. The lowest BCUT2D eigenvalue weighted by Crippen LogP contribution is -2.42. The van der Waals surface area contributed by atoms with Gasteiger partial charge in [0.15, 0.2) is 5.76 Å². The smallest absolute Gasteiger partial charge is 0.295 e. The van der Waals surface area contributed by atoms with Gasteiger partial charge in [0, 0.05) is 23.2 Å². The van der Waals surface area contributed by atoms with Gasteiger partial charge in [-0.2, -0.15) is 0 Å². The number of nitrogens with one attached hydrogen (secondary N) is 1. The summed E-state index contributed by atoms with van der Waals surface area (Å²) in [4.78, 5) is 15.5. The highest BCUT2D eigenvalue weighted by Crippen LogP contribution is 2.26. The van der Waals surface area contributed by atoms with E-state index in [-0.39, 0.29) is 12.1 Å². The summed E-state index contributed by atoms with van der Waals surface area (Å²) in [6.07, 6.45) is 6.02. The SMILES string of the molecule is NC(=O)c1cccc(-c2cnc(N[C@@H]3CCCC[C@H]3N)o2)c1. The molecule has 1 amide bonds. The number of primary amides is 1. The van der Waals surface area contributed by atoms with E-state index in [0.29, 0.717) is 17.3 Å². The van der Waals surface area contributed by atoms with E-state index in [0.717, 1.165) is 18.4 Å². The molecule has 0 saturated heterocycles. The van der Waals surface area contributed by atoms with Gasteiger partial charge in [-0.25, -0.2) is 4.98 Å². The minimum atomic E-state index is -0.465. The van der Waals surface area contributed by atoms with Crippen LogP contribution in [0.4, 0.5) is 6.01 Å². The summed E-state index contributed by atoms with van der Waals surface area (Å²) in [5, 5.41) is 3.26. The number of oxazole rings is 1. The van der Waals surface area contributed by atoms with Gasteiger partial charge in [-0.15, -0.1) is 0 Å². The number of carbonyl (C=O) groups excluding carboxylic acids is 1. The number of carbonyl (C=O) groups is 1. The molecule has 1 heterocycles. The molecule has 1 aromatic carbocycles.